The molecule has 2 aliphatic carbocycles. The number of methoxy groups -OCH3 is 1. The van der Waals surface area contributed by atoms with Crippen LogP contribution in [-0.4, -0.2) is 61.4 Å². The molecule has 0 bridgehead atoms. The van der Waals surface area contributed by atoms with Crippen molar-refractivity contribution in [3.05, 3.63) is 11.6 Å². The van der Waals surface area contributed by atoms with Crippen LogP contribution >= 0.6 is 0 Å². The summed E-state index contributed by atoms with van der Waals surface area (Å²) in [6.07, 6.45) is 7.68. The van der Waals surface area contributed by atoms with Gasteiger partial charge < -0.3 is 30.0 Å². The Morgan fingerprint density at radius 1 is 1.23 bits per heavy atom. The Morgan fingerprint density at radius 2 is 1.93 bits per heavy atom. The van der Waals surface area contributed by atoms with Gasteiger partial charge in [0.05, 0.1) is 18.6 Å². The lowest BCUT2D eigenvalue weighted by atomic mass is 9.68. The summed E-state index contributed by atoms with van der Waals surface area (Å²) >= 11 is 0. The minimum absolute atomic E-state index is 0.0461. The fourth-order valence-corrected chi connectivity index (χ4v) is 5.67. The van der Waals surface area contributed by atoms with Gasteiger partial charge in [0, 0.05) is 19.2 Å². The van der Waals surface area contributed by atoms with Gasteiger partial charge in [-0.2, -0.15) is 0 Å². The summed E-state index contributed by atoms with van der Waals surface area (Å²) in [7, 11) is 1.70. The number of epoxide rings is 2. The molecule has 7 heteroatoms. The molecule has 2 aliphatic heterocycles. The first-order chi connectivity index (χ1) is 14.3. The molecule has 3 N–H and O–H groups in total. The second-order valence-electron chi connectivity index (χ2n) is 10.1. The monoisotopic (exact) mass is 422 g/mol. The number of amides is 1. The standard InChI is InChI=1S/C23H38N2O5/c1-14(2)5-10-18-22(3,30-18)20-19(27-4)17(11-12-23(20)13-28-23)29-21(26)25-16-8-6-15(24)7-9-16/h5,15-20H,6-13,24H2,1-4H3,(H,25,26)/t15?,16?,17-,18-,19-,20-,22+,23+/m1/s1. The van der Waals surface area contributed by atoms with E-state index in [0.717, 1.165) is 51.6 Å². The SMILES string of the molecule is CO[C@@H]1[C@H](OC(=O)NC2CCC(N)CC2)CC[C@]2(CO2)[C@H]1[C@@]1(C)O[C@@H]1CC=C(C)C. The van der Waals surface area contributed by atoms with Gasteiger partial charge in [-0.15, -0.1) is 0 Å². The van der Waals surface area contributed by atoms with Gasteiger partial charge in [0.15, 0.2) is 0 Å². The van der Waals surface area contributed by atoms with Gasteiger partial charge in [0.2, 0.25) is 0 Å². The molecule has 4 fully saturated rings. The molecule has 0 radical (unpaired) electrons. The highest BCUT2D eigenvalue weighted by atomic mass is 16.6. The Hall–Kier alpha value is -1.15. The van der Waals surface area contributed by atoms with Crippen molar-refractivity contribution >= 4 is 6.09 Å². The Balaban J connectivity index is 1.40. The van der Waals surface area contributed by atoms with E-state index in [0.29, 0.717) is 0 Å². The maximum Gasteiger partial charge on any atom is 0.407 e. The van der Waals surface area contributed by atoms with Crippen LogP contribution in [-0.2, 0) is 18.9 Å². The highest BCUT2D eigenvalue weighted by molar-refractivity contribution is 5.68. The first-order valence-corrected chi connectivity index (χ1v) is 11.5. The summed E-state index contributed by atoms with van der Waals surface area (Å²) in [6, 6.07) is 0.401. The molecule has 30 heavy (non-hydrogen) atoms. The molecule has 0 aromatic carbocycles. The largest absolute Gasteiger partial charge is 0.443 e. The van der Waals surface area contributed by atoms with E-state index in [-0.39, 0.29) is 53.6 Å². The van der Waals surface area contributed by atoms with Gasteiger partial charge in [0.25, 0.3) is 0 Å². The Labute approximate surface area is 180 Å². The van der Waals surface area contributed by atoms with Crippen LogP contribution < -0.4 is 11.1 Å². The normalized spacial score (nSPS) is 45.0. The van der Waals surface area contributed by atoms with E-state index >= 15 is 0 Å². The third kappa shape index (κ3) is 4.40. The van der Waals surface area contributed by atoms with Gasteiger partial charge >= 0.3 is 6.09 Å². The van der Waals surface area contributed by atoms with E-state index < -0.39 is 0 Å². The molecule has 2 saturated heterocycles. The molecule has 1 amide bonds. The van der Waals surface area contributed by atoms with Crippen LogP contribution in [0.1, 0.15) is 65.7 Å². The predicted octanol–water partition coefficient (Wildman–Crippen LogP) is 3.06. The number of ether oxygens (including phenoxy) is 4. The molecule has 2 heterocycles. The highest BCUT2D eigenvalue weighted by Crippen LogP contribution is 2.59. The van der Waals surface area contributed by atoms with Crippen molar-refractivity contribution in [3.63, 3.8) is 0 Å². The number of nitrogens with one attached hydrogen (secondary N) is 1. The third-order valence-electron chi connectivity index (χ3n) is 7.59. The molecule has 4 aliphatic rings. The minimum Gasteiger partial charge on any atom is -0.443 e. The van der Waals surface area contributed by atoms with Crippen LogP contribution in [0.5, 0.6) is 0 Å². The van der Waals surface area contributed by atoms with Crippen LogP contribution in [0, 0.1) is 5.92 Å². The second-order valence-corrected chi connectivity index (χ2v) is 10.1. The van der Waals surface area contributed by atoms with Crippen molar-refractivity contribution in [3.8, 4) is 0 Å². The number of hydrogen-bond acceptors (Lipinski definition) is 6. The molecular formula is C23H38N2O5. The lowest BCUT2D eigenvalue weighted by molar-refractivity contribution is -0.118. The fourth-order valence-electron chi connectivity index (χ4n) is 5.67. The number of carbonyl (C=O) groups excluding carboxylic acids is 1. The van der Waals surface area contributed by atoms with E-state index in [2.05, 4.69) is 32.2 Å². The molecule has 0 aromatic rings. The van der Waals surface area contributed by atoms with E-state index in [1.807, 2.05) is 0 Å². The lowest BCUT2D eigenvalue weighted by Gasteiger charge is -2.42. The number of carbonyl (C=O) groups is 1. The zero-order valence-corrected chi connectivity index (χ0v) is 18.8. The van der Waals surface area contributed by atoms with E-state index in [4.69, 9.17) is 24.7 Å². The van der Waals surface area contributed by atoms with Gasteiger partial charge in [0.1, 0.15) is 23.4 Å². The van der Waals surface area contributed by atoms with Crippen LogP contribution in [0.3, 0.4) is 0 Å². The summed E-state index contributed by atoms with van der Waals surface area (Å²) < 4.78 is 24.0. The van der Waals surface area contributed by atoms with E-state index in [1.165, 1.54) is 5.57 Å². The Kier molecular flexibility index (Phi) is 6.19. The number of allylic oxidation sites excluding steroid dienone is 1. The second kappa shape index (κ2) is 8.41. The van der Waals surface area contributed by atoms with Crippen LogP contribution in [0.4, 0.5) is 4.79 Å². The molecule has 6 atom stereocenters. The topological polar surface area (TPSA) is 98.6 Å². The van der Waals surface area contributed by atoms with Crippen LogP contribution in [0.2, 0.25) is 0 Å². The summed E-state index contributed by atoms with van der Waals surface area (Å²) in [5, 5.41) is 3.04. The smallest absolute Gasteiger partial charge is 0.407 e. The minimum atomic E-state index is -0.350. The van der Waals surface area contributed by atoms with Crippen LogP contribution in [0.15, 0.2) is 11.6 Å². The molecule has 1 spiro atoms. The Bertz CT molecular complexity index is 667. The van der Waals surface area contributed by atoms with Crippen molar-refractivity contribution in [1.29, 1.82) is 0 Å². The average molecular weight is 423 g/mol. The molecular weight excluding hydrogens is 384 g/mol. The zero-order chi connectivity index (χ0) is 21.5. The van der Waals surface area contributed by atoms with Crippen molar-refractivity contribution in [2.75, 3.05) is 13.7 Å². The third-order valence-corrected chi connectivity index (χ3v) is 7.59. The summed E-state index contributed by atoms with van der Waals surface area (Å²) in [4.78, 5) is 12.6. The first kappa shape index (κ1) is 22.1. The van der Waals surface area contributed by atoms with E-state index in [1.54, 1.807) is 7.11 Å². The van der Waals surface area contributed by atoms with Crippen molar-refractivity contribution < 1.29 is 23.7 Å². The highest BCUT2D eigenvalue weighted by Gasteiger charge is 2.72. The number of nitrogens with two attached hydrogens (primary N) is 1. The molecule has 4 rings (SSSR count). The van der Waals surface area contributed by atoms with Gasteiger partial charge in [-0.05, 0) is 65.7 Å². The average Bonchev–Trinajstić information content (AvgIpc) is 3.61. The molecule has 0 unspecified atom stereocenters. The summed E-state index contributed by atoms with van der Waals surface area (Å²) in [5.41, 5.74) is 6.74. The molecule has 2 saturated carbocycles. The number of hydrogen-bond donors (Lipinski definition) is 2. The summed E-state index contributed by atoms with van der Waals surface area (Å²) in [6.45, 7) is 7.09. The van der Waals surface area contributed by atoms with Crippen molar-refractivity contribution in [1.82, 2.24) is 5.32 Å². The maximum atomic E-state index is 12.6. The Morgan fingerprint density at radius 3 is 2.53 bits per heavy atom. The summed E-state index contributed by atoms with van der Waals surface area (Å²) in [5.74, 6) is 0.0461. The molecule has 7 nitrogen and oxygen atoms in total. The van der Waals surface area contributed by atoms with E-state index in [9.17, 15) is 4.79 Å². The van der Waals surface area contributed by atoms with Crippen molar-refractivity contribution in [2.45, 2.75) is 107 Å². The molecule has 0 aromatic heterocycles. The lowest BCUT2D eigenvalue weighted by Crippen LogP contribution is -2.56. The quantitative estimate of drug-likeness (QED) is 0.504. The zero-order valence-electron chi connectivity index (χ0n) is 18.8. The number of alkyl carbamates (subject to hydrolysis) is 1. The van der Waals surface area contributed by atoms with Crippen LogP contribution in [0.25, 0.3) is 0 Å². The van der Waals surface area contributed by atoms with Gasteiger partial charge in [-0.3, -0.25) is 0 Å². The van der Waals surface area contributed by atoms with Crippen molar-refractivity contribution in [2.24, 2.45) is 11.7 Å². The predicted molar refractivity (Wildman–Crippen MR) is 113 cm³/mol. The number of rotatable bonds is 6. The maximum absolute atomic E-state index is 12.6. The molecule has 170 valence electrons. The van der Waals surface area contributed by atoms with Gasteiger partial charge in [-0.1, -0.05) is 11.6 Å². The fraction of sp³-hybridized carbons (Fsp3) is 0.870. The first-order valence-electron chi connectivity index (χ1n) is 11.5. The van der Waals surface area contributed by atoms with Gasteiger partial charge in [-0.25, -0.2) is 4.79 Å².